The Balaban J connectivity index is 2.06. The Hall–Kier alpha value is -1.36. The molecule has 1 aliphatic heterocycles. The number of hydrogen-bond acceptors (Lipinski definition) is 5. The second-order valence-corrected chi connectivity index (χ2v) is 3.66. The van der Waals surface area contributed by atoms with Crippen LogP contribution in [0.25, 0.3) is 0 Å². The van der Waals surface area contributed by atoms with Gasteiger partial charge in [0.05, 0.1) is 12.7 Å². The molecule has 1 aromatic rings. The molecule has 0 bridgehead atoms. The van der Waals surface area contributed by atoms with Crippen molar-refractivity contribution in [2.75, 3.05) is 30.3 Å². The zero-order valence-electron chi connectivity index (χ0n) is 8.89. The van der Waals surface area contributed by atoms with E-state index >= 15 is 0 Å². The summed E-state index contributed by atoms with van der Waals surface area (Å²) in [6.07, 6.45) is 1.33. The molecule has 2 heterocycles. The molecule has 1 unspecified atom stereocenters. The predicted molar refractivity (Wildman–Crippen MR) is 58.7 cm³/mol. The van der Waals surface area contributed by atoms with Crippen molar-refractivity contribution in [1.82, 2.24) is 10.2 Å². The third-order valence-corrected chi connectivity index (χ3v) is 2.59. The van der Waals surface area contributed by atoms with Crippen LogP contribution in [0.4, 0.5) is 11.6 Å². The number of ether oxygens (including phenoxy) is 1. The number of nitrogens with two attached hydrogens (primary N) is 1. The van der Waals surface area contributed by atoms with E-state index in [1.54, 1.807) is 6.07 Å². The molecule has 82 valence electrons. The summed E-state index contributed by atoms with van der Waals surface area (Å²) in [5, 5.41) is 7.92. The number of anilines is 2. The minimum absolute atomic E-state index is 0.304. The van der Waals surface area contributed by atoms with Gasteiger partial charge in [-0.05, 0) is 18.6 Å². The standard InChI is InChI=1S/C10H16N4O/c1-2-8-7-14(5-6-15-8)10-4-3-9(11)12-13-10/h3-4,8H,2,5-7H2,1H3,(H2,11,12). The summed E-state index contributed by atoms with van der Waals surface area (Å²) in [4.78, 5) is 2.18. The van der Waals surface area contributed by atoms with E-state index in [2.05, 4.69) is 22.0 Å². The van der Waals surface area contributed by atoms with E-state index in [-0.39, 0.29) is 0 Å². The first-order valence-electron chi connectivity index (χ1n) is 5.25. The molecule has 1 saturated heterocycles. The lowest BCUT2D eigenvalue weighted by Crippen LogP contribution is -2.42. The van der Waals surface area contributed by atoms with Crippen molar-refractivity contribution in [2.24, 2.45) is 0 Å². The molecule has 2 N–H and O–H groups in total. The second kappa shape index (κ2) is 4.44. The molecule has 15 heavy (non-hydrogen) atoms. The lowest BCUT2D eigenvalue weighted by atomic mass is 10.2. The minimum atomic E-state index is 0.304. The number of nitrogens with zero attached hydrogens (tertiary/aromatic N) is 3. The Morgan fingerprint density at radius 1 is 1.53 bits per heavy atom. The highest BCUT2D eigenvalue weighted by Crippen LogP contribution is 2.15. The first kappa shape index (κ1) is 10.2. The van der Waals surface area contributed by atoms with E-state index in [9.17, 15) is 0 Å². The molecule has 2 rings (SSSR count). The van der Waals surface area contributed by atoms with Gasteiger partial charge in [0.1, 0.15) is 5.82 Å². The van der Waals surface area contributed by atoms with Crippen LogP contribution < -0.4 is 10.6 Å². The van der Waals surface area contributed by atoms with Crippen LogP contribution in [0, 0.1) is 0 Å². The van der Waals surface area contributed by atoms with Crippen LogP contribution in [0.1, 0.15) is 13.3 Å². The Labute approximate surface area is 89.2 Å². The highest BCUT2D eigenvalue weighted by Gasteiger charge is 2.19. The van der Waals surface area contributed by atoms with E-state index in [0.717, 1.165) is 31.9 Å². The van der Waals surface area contributed by atoms with E-state index in [1.807, 2.05) is 6.07 Å². The van der Waals surface area contributed by atoms with Crippen LogP contribution in [0.3, 0.4) is 0 Å². The molecule has 0 saturated carbocycles. The fourth-order valence-corrected chi connectivity index (χ4v) is 1.68. The summed E-state index contributed by atoms with van der Waals surface area (Å²) in [5.74, 6) is 1.34. The molecule has 1 atom stereocenters. The monoisotopic (exact) mass is 208 g/mol. The maximum Gasteiger partial charge on any atom is 0.151 e. The van der Waals surface area contributed by atoms with Crippen LogP contribution in [0.2, 0.25) is 0 Å². The molecule has 1 aromatic heterocycles. The number of nitrogen functional groups attached to an aromatic ring is 1. The minimum Gasteiger partial charge on any atom is -0.382 e. The third-order valence-electron chi connectivity index (χ3n) is 2.59. The Kier molecular flexibility index (Phi) is 3.01. The first-order chi connectivity index (χ1) is 7.29. The first-order valence-corrected chi connectivity index (χ1v) is 5.25. The maximum atomic E-state index is 5.59. The van der Waals surface area contributed by atoms with Crippen molar-refractivity contribution in [3.63, 3.8) is 0 Å². The smallest absolute Gasteiger partial charge is 0.151 e. The fraction of sp³-hybridized carbons (Fsp3) is 0.600. The number of morpholine rings is 1. The molecule has 0 spiro atoms. The predicted octanol–water partition coefficient (Wildman–Crippen LogP) is 0.674. The van der Waals surface area contributed by atoms with Crippen molar-refractivity contribution in [1.29, 1.82) is 0 Å². The van der Waals surface area contributed by atoms with Crippen LogP contribution in [0.15, 0.2) is 12.1 Å². The number of rotatable bonds is 2. The number of aromatic nitrogens is 2. The lowest BCUT2D eigenvalue weighted by Gasteiger charge is -2.32. The van der Waals surface area contributed by atoms with E-state index < -0.39 is 0 Å². The lowest BCUT2D eigenvalue weighted by molar-refractivity contribution is 0.0381. The van der Waals surface area contributed by atoms with Gasteiger partial charge in [-0.3, -0.25) is 0 Å². The molecule has 0 amide bonds. The molecule has 5 nitrogen and oxygen atoms in total. The quantitative estimate of drug-likeness (QED) is 0.774. The summed E-state index contributed by atoms with van der Waals surface area (Å²) < 4.78 is 5.59. The normalized spacial score (nSPS) is 21.7. The highest BCUT2D eigenvalue weighted by molar-refractivity contribution is 5.41. The molecule has 1 aliphatic rings. The van der Waals surface area contributed by atoms with Gasteiger partial charge in [-0.2, -0.15) is 0 Å². The largest absolute Gasteiger partial charge is 0.382 e. The fourth-order valence-electron chi connectivity index (χ4n) is 1.68. The van der Waals surface area contributed by atoms with Gasteiger partial charge in [-0.25, -0.2) is 0 Å². The van der Waals surface area contributed by atoms with Gasteiger partial charge in [-0.1, -0.05) is 6.92 Å². The zero-order chi connectivity index (χ0) is 10.7. The Bertz CT molecular complexity index is 314. The van der Waals surface area contributed by atoms with E-state index in [1.165, 1.54) is 0 Å². The van der Waals surface area contributed by atoms with Gasteiger partial charge in [-0.15, -0.1) is 10.2 Å². The zero-order valence-corrected chi connectivity index (χ0v) is 8.89. The molecule has 1 fully saturated rings. The summed E-state index contributed by atoms with van der Waals surface area (Å²) >= 11 is 0. The summed E-state index contributed by atoms with van der Waals surface area (Å²) in [7, 11) is 0. The molecule has 0 aromatic carbocycles. The van der Waals surface area contributed by atoms with Gasteiger partial charge in [0, 0.05) is 13.1 Å². The van der Waals surface area contributed by atoms with E-state index in [4.69, 9.17) is 10.5 Å². The number of hydrogen-bond donors (Lipinski definition) is 1. The average Bonchev–Trinajstić information content (AvgIpc) is 2.30. The van der Waals surface area contributed by atoms with Crippen molar-refractivity contribution in [2.45, 2.75) is 19.4 Å². The SMILES string of the molecule is CCC1CN(c2ccc(N)nn2)CCO1. The molecular formula is C10H16N4O. The van der Waals surface area contributed by atoms with Crippen LogP contribution >= 0.6 is 0 Å². The highest BCUT2D eigenvalue weighted by atomic mass is 16.5. The van der Waals surface area contributed by atoms with E-state index in [0.29, 0.717) is 11.9 Å². The second-order valence-electron chi connectivity index (χ2n) is 3.66. The average molecular weight is 208 g/mol. The van der Waals surface area contributed by atoms with Crippen molar-refractivity contribution >= 4 is 11.6 Å². The van der Waals surface area contributed by atoms with Crippen LogP contribution in [0.5, 0.6) is 0 Å². The van der Waals surface area contributed by atoms with Crippen molar-refractivity contribution in [3.05, 3.63) is 12.1 Å². The summed E-state index contributed by atoms with van der Waals surface area (Å²) in [6, 6.07) is 3.68. The van der Waals surface area contributed by atoms with Gasteiger partial charge in [0.25, 0.3) is 0 Å². The van der Waals surface area contributed by atoms with Crippen molar-refractivity contribution in [3.8, 4) is 0 Å². The third kappa shape index (κ3) is 2.36. The molecule has 0 radical (unpaired) electrons. The van der Waals surface area contributed by atoms with Gasteiger partial charge < -0.3 is 15.4 Å². The topological polar surface area (TPSA) is 64.3 Å². The Morgan fingerprint density at radius 2 is 2.40 bits per heavy atom. The maximum absolute atomic E-state index is 5.59. The Morgan fingerprint density at radius 3 is 3.07 bits per heavy atom. The van der Waals surface area contributed by atoms with Crippen LogP contribution in [-0.2, 0) is 4.74 Å². The molecule has 0 aliphatic carbocycles. The van der Waals surface area contributed by atoms with Gasteiger partial charge >= 0.3 is 0 Å². The van der Waals surface area contributed by atoms with Gasteiger partial charge in [0.15, 0.2) is 5.82 Å². The molecule has 5 heteroatoms. The molecular weight excluding hydrogens is 192 g/mol. The van der Waals surface area contributed by atoms with Crippen LogP contribution in [-0.4, -0.2) is 36.0 Å². The summed E-state index contributed by atoms with van der Waals surface area (Å²) in [6.45, 7) is 4.64. The van der Waals surface area contributed by atoms with Gasteiger partial charge in [0.2, 0.25) is 0 Å². The summed E-state index contributed by atoms with van der Waals surface area (Å²) in [5.41, 5.74) is 5.49. The van der Waals surface area contributed by atoms with Crippen molar-refractivity contribution < 1.29 is 4.74 Å².